The Morgan fingerprint density at radius 3 is 2.05 bits per heavy atom. The Balaban J connectivity index is 1.97. The first-order chi connectivity index (χ1) is 10.4. The summed E-state index contributed by atoms with van der Waals surface area (Å²) in [4.78, 5) is 0. The maximum atomic E-state index is 3.44. The second kappa shape index (κ2) is 5.06. The van der Waals surface area contributed by atoms with Crippen LogP contribution in [0, 0.1) is 6.07 Å². The number of hydrogen-bond donors (Lipinski definition) is 0. The second-order valence-electron chi connectivity index (χ2n) is 5.33. The van der Waals surface area contributed by atoms with Crippen LogP contribution in [0.3, 0.4) is 0 Å². The maximum absolute atomic E-state index is 3.44. The fraction of sp³-hybridized carbons (Fsp3) is 0.0476. The van der Waals surface area contributed by atoms with E-state index in [2.05, 4.69) is 78.9 Å². The molecule has 4 rings (SSSR count). The highest BCUT2D eigenvalue weighted by molar-refractivity contribution is 6.03. The minimum Gasteiger partial charge on any atom is -0.0622 e. The number of allylic oxidation sites excluding steroid dienone is 1. The molecule has 3 aromatic carbocycles. The van der Waals surface area contributed by atoms with Crippen LogP contribution in [0.2, 0.25) is 0 Å². The first-order valence-corrected chi connectivity index (χ1v) is 7.27. The zero-order valence-corrected chi connectivity index (χ0v) is 11.7. The summed E-state index contributed by atoms with van der Waals surface area (Å²) in [5.41, 5.74) is 7.94. The number of benzene rings is 3. The molecule has 0 saturated heterocycles. The average molecular weight is 267 g/mol. The highest BCUT2D eigenvalue weighted by Gasteiger charge is 2.23. The third-order valence-corrected chi connectivity index (χ3v) is 4.05. The molecule has 99 valence electrons. The number of rotatable bonds is 2. The van der Waals surface area contributed by atoms with Crippen molar-refractivity contribution in [1.82, 2.24) is 0 Å². The summed E-state index contributed by atoms with van der Waals surface area (Å²) in [5, 5.41) is 0. The highest BCUT2D eigenvalue weighted by atomic mass is 14.3. The molecule has 0 N–H and O–H groups in total. The Hall–Kier alpha value is -2.60. The fourth-order valence-corrected chi connectivity index (χ4v) is 3.09. The van der Waals surface area contributed by atoms with Crippen LogP contribution in [0.5, 0.6) is 0 Å². The Morgan fingerprint density at radius 1 is 0.667 bits per heavy atom. The van der Waals surface area contributed by atoms with Gasteiger partial charge in [0, 0.05) is 0 Å². The molecular weight excluding hydrogens is 252 g/mol. The van der Waals surface area contributed by atoms with E-state index in [4.69, 9.17) is 0 Å². The summed E-state index contributed by atoms with van der Waals surface area (Å²) >= 11 is 0. The molecule has 0 heteroatoms. The summed E-state index contributed by atoms with van der Waals surface area (Å²) < 4.78 is 0. The highest BCUT2D eigenvalue weighted by Crippen LogP contribution is 2.41. The zero-order chi connectivity index (χ0) is 14.1. The normalized spacial score (nSPS) is 13.3. The van der Waals surface area contributed by atoms with E-state index >= 15 is 0 Å². The largest absolute Gasteiger partial charge is 0.0622 e. The van der Waals surface area contributed by atoms with Gasteiger partial charge < -0.3 is 0 Å². The van der Waals surface area contributed by atoms with Crippen molar-refractivity contribution in [2.75, 3.05) is 0 Å². The monoisotopic (exact) mass is 267 g/mol. The van der Waals surface area contributed by atoms with E-state index in [0.29, 0.717) is 0 Å². The number of fused-ring (bicyclic) bond motifs is 1. The second-order valence-corrected chi connectivity index (χ2v) is 5.33. The van der Waals surface area contributed by atoms with E-state index in [1.807, 2.05) is 6.07 Å². The van der Waals surface area contributed by atoms with Gasteiger partial charge in [0.25, 0.3) is 0 Å². The van der Waals surface area contributed by atoms with Gasteiger partial charge in [0.2, 0.25) is 0 Å². The van der Waals surface area contributed by atoms with Crippen molar-refractivity contribution in [3.05, 3.63) is 107 Å². The molecule has 1 aliphatic rings. The smallest absolute Gasteiger partial charge is 0.000705 e. The van der Waals surface area contributed by atoms with E-state index in [1.165, 1.54) is 33.4 Å². The molecule has 0 heterocycles. The van der Waals surface area contributed by atoms with Crippen LogP contribution in [0.15, 0.2) is 78.9 Å². The van der Waals surface area contributed by atoms with Gasteiger partial charge >= 0.3 is 0 Å². The first-order valence-electron chi connectivity index (χ1n) is 7.27. The molecule has 0 aromatic heterocycles. The molecule has 0 bridgehead atoms. The molecule has 3 aromatic rings. The van der Waals surface area contributed by atoms with Crippen molar-refractivity contribution >= 4 is 11.1 Å². The third kappa shape index (κ3) is 2.09. The maximum Gasteiger partial charge on any atom is -0.000705 e. The van der Waals surface area contributed by atoms with Gasteiger partial charge in [-0.15, -0.1) is 0 Å². The van der Waals surface area contributed by atoms with Crippen LogP contribution in [0.1, 0.15) is 22.3 Å². The van der Waals surface area contributed by atoms with Gasteiger partial charge in [0.05, 0.1) is 0 Å². The van der Waals surface area contributed by atoms with Crippen molar-refractivity contribution in [3.63, 3.8) is 0 Å². The predicted molar refractivity (Wildman–Crippen MR) is 87.8 cm³/mol. The quantitative estimate of drug-likeness (QED) is 0.613. The Labute approximate surface area is 125 Å². The van der Waals surface area contributed by atoms with Crippen LogP contribution in [0.25, 0.3) is 11.1 Å². The Bertz CT molecular complexity index is 796. The van der Waals surface area contributed by atoms with Crippen LogP contribution in [-0.4, -0.2) is 0 Å². The minimum atomic E-state index is 0.987. The lowest BCUT2D eigenvalue weighted by Gasteiger charge is -2.09. The summed E-state index contributed by atoms with van der Waals surface area (Å²) in [5.74, 6) is 0. The summed E-state index contributed by atoms with van der Waals surface area (Å²) in [6.07, 6.45) is 0.987. The molecular formula is C21H15. The topological polar surface area (TPSA) is 0 Å². The summed E-state index contributed by atoms with van der Waals surface area (Å²) in [7, 11) is 0. The predicted octanol–water partition coefficient (Wildman–Crippen LogP) is 5.00. The molecule has 21 heavy (non-hydrogen) atoms. The van der Waals surface area contributed by atoms with Crippen LogP contribution < -0.4 is 0 Å². The SMILES string of the molecule is [c]1cccc2c1C(c1ccccc1)=C(c1ccccc1)C2. The minimum absolute atomic E-state index is 0.987. The summed E-state index contributed by atoms with van der Waals surface area (Å²) in [6, 6.07) is 31.1. The molecule has 0 spiro atoms. The third-order valence-electron chi connectivity index (χ3n) is 4.05. The molecule has 0 unspecified atom stereocenters. The van der Waals surface area contributed by atoms with Crippen molar-refractivity contribution in [2.24, 2.45) is 0 Å². The fourth-order valence-electron chi connectivity index (χ4n) is 3.09. The van der Waals surface area contributed by atoms with E-state index in [-0.39, 0.29) is 0 Å². The lowest BCUT2D eigenvalue weighted by atomic mass is 9.94. The lowest BCUT2D eigenvalue weighted by molar-refractivity contribution is 1.31. The Kier molecular flexibility index (Phi) is 2.93. The van der Waals surface area contributed by atoms with Gasteiger partial charge in [-0.3, -0.25) is 0 Å². The number of hydrogen-bond acceptors (Lipinski definition) is 0. The van der Waals surface area contributed by atoms with Gasteiger partial charge in [-0.25, -0.2) is 0 Å². The van der Waals surface area contributed by atoms with E-state index in [0.717, 1.165) is 6.42 Å². The van der Waals surface area contributed by atoms with E-state index < -0.39 is 0 Å². The van der Waals surface area contributed by atoms with Crippen molar-refractivity contribution in [1.29, 1.82) is 0 Å². The van der Waals surface area contributed by atoms with Crippen LogP contribution in [-0.2, 0) is 6.42 Å². The molecule has 0 saturated carbocycles. The molecule has 0 atom stereocenters. The van der Waals surface area contributed by atoms with Gasteiger partial charge in [-0.05, 0) is 45.9 Å². The Morgan fingerprint density at radius 2 is 1.33 bits per heavy atom. The van der Waals surface area contributed by atoms with E-state index in [1.54, 1.807) is 0 Å². The van der Waals surface area contributed by atoms with Crippen molar-refractivity contribution in [2.45, 2.75) is 6.42 Å². The van der Waals surface area contributed by atoms with Gasteiger partial charge in [-0.1, -0.05) is 78.9 Å². The summed E-state index contributed by atoms with van der Waals surface area (Å²) in [6.45, 7) is 0. The average Bonchev–Trinajstić information content (AvgIpc) is 2.96. The molecule has 0 fully saturated rings. The molecule has 1 radical (unpaired) electrons. The van der Waals surface area contributed by atoms with Crippen LogP contribution in [0.4, 0.5) is 0 Å². The van der Waals surface area contributed by atoms with Gasteiger partial charge in [0.1, 0.15) is 0 Å². The van der Waals surface area contributed by atoms with Gasteiger partial charge in [0.15, 0.2) is 0 Å². The molecule has 0 amide bonds. The van der Waals surface area contributed by atoms with Gasteiger partial charge in [-0.2, -0.15) is 0 Å². The zero-order valence-electron chi connectivity index (χ0n) is 11.7. The lowest BCUT2D eigenvalue weighted by Crippen LogP contribution is -1.88. The molecule has 0 nitrogen and oxygen atoms in total. The van der Waals surface area contributed by atoms with Crippen LogP contribution >= 0.6 is 0 Å². The molecule has 0 aliphatic heterocycles. The first kappa shape index (κ1) is 12.2. The van der Waals surface area contributed by atoms with E-state index in [9.17, 15) is 0 Å². The van der Waals surface area contributed by atoms with Crippen molar-refractivity contribution in [3.8, 4) is 0 Å². The van der Waals surface area contributed by atoms with Crippen molar-refractivity contribution < 1.29 is 0 Å². The standard InChI is InChI=1S/C21H15/c1-3-9-16(10-4-1)20-15-18-13-7-8-14-19(18)21(20)17-11-5-2-6-12-17/h1-13H,15H2. The molecule has 1 aliphatic carbocycles.